The number of amides is 1. The van der Waals surface area contributed by atoms with Gasteiger partial charge in [-0.1, -0.05) is 4.09 Å². The molecule has 164 valence electrons. The molecule has 30 heavy (non-hydrogen) atoms. The van der Waals surface area contributed by atoms with E-state index in [-0.39, 0.29) is 34.1 Å². The van der Waals surface area contributed by atoms with E-state index in [2.05, 4.69) is 10.4 Å². The summed E-state index contributed by atoms with van der Waals surface area (Å²) in [4.78, 5) is 26.7. The predicted molar refractivity (Wildman–Crippen MR) is 112 cm³/mol. The van der Waals surface area contributed by atoms with Crippen molar-refractivity contribution in [1.82, 2.24) is 19.1 Å². The Bertz CT molecular complexity index is 1140. The minimum absolute atomic E-state index is 0.0455. The molecule has 1 saturated carbocycles. The van der Waals surface area contributed by atoms with Gasteiger partial charge in [-0.2, -0.15) is 8.42 Å². The number of rotatable bonds is 6. The lowest BCUT2D eigenvalue weighted by Gasteiger charge is -2.21. The molecule has 0 spiro atoms. The van der Waals surface area contributed by atoms with E-state index in [4.69, 9.17) is 4.74 Å². The van der Waals surface area contributed by atoms with Gasteiger partial charge in [0.15, 0.2) is 0 Å². The molecule has 1 N–H and O–H groups in total. The summed E-state index contributed by atoms with van der Waals surface area (Å²) in [6.45, 7) is 5.52. The van der Waals surface area contributed by atoms with Crippen LogP contribution >= 0.6 is 0 Å². The maximum Gasteiger partial charge on any atom is 0.362 e. The number of aromatic nitrogens is 3. The van der Waals surface area contributed by atoms with Crippen molar-refractivity contribution >= 4 is 21.9 Å². The summed E-state index contributed by atoms with van der Waals surface area (Å²) in [5, 5.41) is 6.88. The van der Waals surface area contributed by atoms with Gasteiger partial charge in [-0.25, -0.2) is 4.79 Å². The van der Waals surface area contributed by atoms with Gasteiger partial charge in [-0.15, -0.1) is 5.10 Å². The minimum atomic E-state index is -4.34. The van der Waals surface area contributed by atoms with Crippen LogP contribution in [0.25, 0.3) is 0 Å². The van der Waals surface area contributed by atoms with Crippen LogP contribution in [0.1, 0.15) is 50.0 Å². The Labute approximate surface area is 175 Å². The summed E-state index contributed by atoms with van der Waals surface area (Å²) in [6, 6.07) is 3.92. The van der Waals surface area contributed by atoms with Gasteiger partial charge >= 0.3 is 5.69 Å². The zero-order valence-corrected chi connectivity index (χ0v) is 18.8. The Balaban J connectivity index is 2.08. The summed E-state index contributed by atoms with van der Waals surface area (Å²) in [6.07, 6.45) is 1.60. The number of hydrogen-bond donors (Lipinski definition) is 1. The molecule has 1 aliphatic rings. The molecule has 0 aliphatic heterocycles. The summed E-state index contributed by atoms with van der Waals surface area (Å²) in [7, 11) is 0.351. The number of benzene rings is 1. The van der Waals surface area contributed by atoms with E-state index in [1.807, 2.05) is 20.8 Å². The molecule has 10 nitrogen and oxygen atoms in total. The van der Waals surface area contributed by atoms with Crippen LogP contribution in [0.4, 0.5) is 5.95 Å². The molecule has 0 saturated heterocycles. The monoisotopic (exact) mass is 437 g/mol. The maximum absolute atomic E-state index is 13.3. The first kappa shape index (κ1) is 21.9. The molecular weight excluding hydrogens is 410 g/mol. The van der Waals surface area contributed by atoms with E-state index in [1.165, 1.54) is 29.9 Å². The molecule has 1 aromatic carbocycles. The largest absolute Gasteiger partial charge is 0.495 e. The Morgan fingerprint density at radius 3 is 2.40 bits per heavy atom. The smallest absolute Gasteiger partial charge is 0.362 e. The highest BCUT2D eigenvalue weighted by Crippen LogP contribution is 2.36. The molecule has 0 atom stereocenters. The molecule has 3 rings (SSSR count). The zero-order valence-electron chi connectivity index (χ0n) is 18.0. The average molecular weight is 438 g/mol. The second-order valence-electron chi connectivity index (χ2n) is 8.50. The molecule has 0 radical (unpaired) electrons. The second kappa shape index (κ2) is 7.46. The minimum Gasteiger partial charge on any atom is -0.495 e. The third-order valence-electron chi connectivity index (χ3n) is 4.50. The van der Waals surface area contributed by atoms with Crippen molar-refractivity contribution in [1.29, 1.82) is 0 Å². The molecule has 1 heterocycles. The Morgan fingerprint density at radius 1 is 1.27 bits per heavy atom. The quantitative estimate of drug-likeness (QED) is 0.722. The summed E-state index contributed by atoms with van der Waals surface area (Å²) in [5.41, 5.74) is -0.941. The van der Waals surface area contributed by atoms with Crippen molar-refractivity contribution in [3.63, 3.8) is 0 Å². The number of hydrogen-bond acceptors (Lipinski definition) is 7. The molecular formula is C19H27N5O5S. The third-order valence-corrected chi connectivity index (χ3v) is 6.08. The van der Waals surface area contributed by atoms with Crippen LogP contribution in [0.2, 0.25) is 0 Å². The van der Waals surface area contributed by atoms with Gasteiger partial charge in [0.1, 0.15) is 10.6 Å². The Hall–Kier alpha value is -2.82. The van der Waals surface area contributed by atoms with Crippen LogP contribution in [-0.2, 0) is 10.0 Å². The number of carbonyl (C=O) groups excluding carboxylic acids is 1. The number of anilines is 1. The predicted octanol–water partition coefficient (Wildman–Crippen LogP) is 1.22. The second-order valence-corrected chi connectivity index (χ2v) is 10.2. The number of methoxy groups -OCH3 is 1. The molecule has 1 aromatic heterocycles. The van der Waals surface area contributed by atoms with Crippen molar-refractivity contribution < 1.29 is 17.9 Å². The number of nitrogens with zero attached hydrogens (tertiary/aromatic N) is 4. The summed E-state index contributed by atoms with van der Waals surface area (Å²) in [5.74, 6) is -0.142. The Kier molecular flexibility index (Phi) is 5.44. The highest BCUT2D eigenvalue weighted by Gasteiger charge is 2.35. The standard InChI is InChI=1S/C19H27N5O5S/c1-19(2,3)20-16(25)12-7-10-15(14(11-12)29-6)30(27,28)24-18(26)23(13-8-9-13)17(21-24)22(4)5/h7,10-11,13H,8-9H2,1-6H3,(H,20,25). The number of ether oxygens (including phenoxy) is 1. The van der Waals surface area contributed by atoms with E-state index in [1.54, 1.807) is 19.0 Å². The topological polar surface area (TPSA) is 116 Å². The van der Waals surface area contributed by atoms with Gasteiger partial charge in [0, 0.05) is 31.2 Å². The molecule has 1 aliphatic carbocycles. The lowest BCUT2D eigenvalue weighted by atomic mass is 10.1. The molecule has 2 aromatic rings. The lowest BCUT2D eigenvalue weighted by molar-refractivity contribution is 0.0919. The SMILES string of the molecule is COc1cc(C(=O)NC(C)(C)C)ccc1S(=O)(=O)n1nc(N(C)C)n(C2CC2)c1=O. The highest BCUT2D eigenvalue weighted by molar-refractivity contribution is 7.90. The number of carbonyl (C=O) groups is 1. The van der Waals surface area contributed by atoms with Crippen molar-refractivity contribution in [2.24, 2.45) is 0 Å². The Morgan fingerprint density at radius 2 is 1.90 bits per heavy atom. The van der Waals surface area contributed by atoms with Crippen LogP contribution in [0.3, 0.4) is 0 Å². The normalized spacial score (nSPS) is 14.5. The average Bonchev–Trinajstić information content (AvgIpc) is 3.41. The van der Waals surface area contributed by atoms with Crippen LogP contribution < -0.4 is 20.6 Å². The summed E-state index contributed by atoms with van der Waals surface area (Å²) >= 11 is 0. The fourth-order valence-corrected chi connectivity index (χ4v) is 4.29. The van der Waals surface area contributed by atoms with Crippen molar-refractivity contribution in [3.05, 3.63) is 34.2 Å². The van der Waals surface area contributed by atoms with Gasteiger partial charge in [-0.3, -0.25) is 9.36 Å². The van der Waals surface area contributed by atoms with Crippen molar-refractivity contribution in [2.45, 2.75) is 50.1 Å². The fourth-order valence-electron chi connectivity index (χ4n) is 2.99. The van der Waals surface area contributed by atoms with Crippen LogP contribution in [0.5, 0.6) is 5.75 Å². The first-order chi connectivity index (χ1) is 13.9. The van der Waals surface area contributed by atoms with E-state index in [0.29, 0.717) is 4.09 Å². The third kappa shape index (κ3) is 4.07. The van der Waals surface area contributed by atoms with Gasteiger partial charge in [-0.05, 0) is 51.8 Å². The van der Waals surface area contributed by atoms with Gasteiger partial charge in [0.05, 0.1) is 7.11 Å². The molecule has 1 amide bonds. The summed E-state index contributed by atoms with van der Waals surface area (Å²) < 4.78 is 33.7. The first-order valence-corrected chi connectivity index (χ1v) is 11.0. The lowest BCUT2D eigenvalue weighted by Crippen LogP contribution is -2.40. The van der Waals surface area contributed by atoms with Gasteiger partial charge < -0.3 is 15.0 Å². The van der Waals surface area contributed by atoms with Gasteiger partial charge in [0.25, 0.3) is 15.9 Å². The first-order valence-electron chi connectivity index (χ1n) is 9.52. The van der Waals surface area contributed by atoms with E-state index in [9.17, 15) is 18.0 Å². The van der Waals surface area contributed by atoms with E-state index in [0.717, 1.165) is 12.8 Å². The maximum atomic E-state index is 13.3. The highest BCUT2D eigenvalue weighted by atomic mass is 32.2. The van der Waals surface area contributed by atoms with Crippen LogP contribution in [0.15, 0.2) is 27.9 Å². The van der Waals surface area contributed by atoms with E-state index >= 15 is 0 Å². The van der Waals surface area contributed by atoms with Crippen LogP contribution in [-0.4, -0.2) is 54.8 Å². The molecule has 11 heteroatoms. The molecule has 1 fully saturated rings. The molecule has 0 unspecified atom stereocenters. The van der Waals surface area contributed by atoms with E-state index < -0.39 is 21.3 Å². The number of nitrogens with one attached hydrogen (secondary N) is 1. The van der Waals surface area contributed by atoms with Crippen molar-refractivity contribution in [2.75, 3.05) is 26.1 Å². The van der Waals surface area contributed by atoms with Gasteiger partial charge in [0.2, 0.25) is 5.95 Å². The zero-order chi connectivity index (χ0) is 22.4. The fraction of sp³-hybridized carbons (Fsp3) is 0.526. The molecule has 0 bridgehead atoms. The van der Waals surface area contributed by atoms with Crippen LogP contribution in [0, 0.1) is 0 Å². The van der Waals surface area contributed by atoms with Crippen molar-refractivity contribution in [3.8, 4) is 5.75 Å².